The first-order valence-electron chi connectivity index (χ1n) is 7.67. The van der Waals surface area contributed by atoms with Crippen molar-refractivity contribution in [2.24, 2.45) is 0 Å². The van der Waals surface area contributed by atoms with E-state index in [2.05, 4.69) is 72.2 Å². The molecule has 1 heterocycles. The van der Waals surface area contributed by atoms with Crippen LogP contribution in [0, 0.1) is 20.8 Å². The first kappa shape index (κ1) is 18.8. The Morgan fingerprint density at radius 1 is 0.950 bits per heavy atom. The van der Waals surface area contributed by atoms with Crippen LogP contribution < -0.4 is 4.92 Å². The molecule has 1 unspecified atom stereocenters. The van der Waals surface area contributed by atoms with E-state index in [9.17, 15) is 0 Å². The van der Waals surface area contributed by atoms with Crippen LogP contribution in [0.1, 0.15) is 37.2 Å². The van der Waals surface area contributed by atoms with E-state index in [1.165, 1.54) is 0 Å². The maximum absolute atomic E-state index is 3.03. The molecule has 1 aromatic rings. The van der Waals surface area contributed by atoms with Crippen molar-refractivity contribution in [3.05, 3.63) is 16.4 Å². The van der Waals surface area contributed by atoms with Crippen molar-refractivity contribution in [1.29, 1.82) is 0 Å². The molecule has 0 fully saturated rings. The van der Waals surface area contributed by atoms with Crippen LogP contribution in [0.3, 0.4) is 0 Å². The summed E-state index contributed by atoms with van der Waals surface area (Å²) in [5.74, 6) is 0. The van der Waals surface area contributed by atoms with Gasteiger partial charge < -0.3 is 0 Å². The van der Waals surface area contributed by atoms with E-state index in [0.717, 1.165) is 8.19 Å². The second kappa shape index (κ2) is 5.75. The fraction of sp³-hybridized carbons (Fsp3) is 0.750. The van der Waals surface area contributed by atoms with Crippen molar-refractivity contribution in [2.75, 3.05) is 0 Å². The van der Waals surface area contributed by atoms with Gasteiger partial charge in [0.1, 0.15) is 0 Å². The maximum atomic E-state index is 3.03. The van der Waals surface area contributed by atoms with Gasteiger partial charge in [0.15, 0.2) is 0 Å². The predicted octanol–water partition coefficient (Wildman–Crippen LogP) is 4.99. The molecule has 20 heavy (non-hydrogen) atoms. The Balaban J connectivity index is 3.49. The van der Waals surface area contributed by atoms with Gasteiger partial charge in [0, 0.05) is 0 Å². The molecule has 0 radical (unpaired) electrons. The van der Waals surface area contributed by atoms with Gasteiger partial charge in [-0.05, 0) is 0 Å². The molecular formula is C16H34NPSiSn. The Bertz CT molecular complexity index is 478. The SMILES string of the molecule is Cc1[pH]c([Si](C)(C)[N](C(C)(C)C)[Sn]([CH3])([CH3])[CH3])c(C)c1C. The summed E-state index contributed by atoms with van der Waals surface area (Å²) >= 11 is -2.15. The van der Waals surface area contributed by atoms with E-state index in [0.29, 0.717) is 5.54 Å². The third kappa shape index (κ3) is 3.56. The molecule has 0 spiro atoms. The molecule has 0 aliphatic heterocycles. The number of aryl methyl sites for hydroxylation is 1. The van der Waals surface area contributed by atoms with E-state index < -0.39 is 26.9 Å². The van der Waals surface area contributed by atoms with Gasteiger partial charge in [-0.2, -0.15) is 0 Å². The van der Waals surface area contributed by atoms with Crippen LogP contribution in [0.2, 0.25) is 27.9 Å². The van der Waals surface area contributed by atoms with Crippen LogP contribution in [-0.2, 0) is 0 Å². The normalized spacial score (nSPS) is 14.6. The molecule has 0 saturated heterocycles. The van der Waals surface area contributed by atoms with Crippen molar-refractivity contribution in [1.82, 2.24) is 2.79 Å². The molecule has 0 aliphatic carbocycles. The summed E-state index contributed by atoms with van der Waals surface area (Å²) in [7, 11) is -0.591. The van der Waals surface area contributed by atoms with E-state index in [-0.39, 0.29) is 0 Å². The summed E-state index contributed by atoms with van der Waals surface area (Å²) in [6, 6.07) is 0. The fourth-order valence-corrected chi connectivity index (χ4v) is 34.2. The molecule has 0 saturated carbocycles. The summed E-state index contributed by atoms with van der Waals surface area (Å²) in [6.07, 6.45) is 0. The number of nitrogens with zero attached hydrogens (tertiary/aromatic N) is 1. The monoisotopic (exact) mass is 419 g/mol. The molecular weight excluding hydrogens is 384 g/mol. The summed E-state index contributed by atoms with van der Waals surface area (Å²) in [5.41, 5.74) is 3.48. The zero-order valence-corrected chi connectivity index (χ0v) is 20.3. The molecule has 0 bridgehead atoms. The molecule has 116 valence electrons. The standard InChI is InChI=1S/C13H25NPSi.3CH3.Sn/c1-9-10(2)12(15-11(9)3)16(7,8)14-13(4,5)6;;;;/h15H,1-8H3;3*1H3;/q-1;;;;+1. The van der Waals surface area contributed by atoms with Crippen molar-refractivity contribution in [3.8, 4) is 0 Å². The minimum absolute atomic E-state index is 0.298. The first-order chi connectivity index (χ1) is 8.70. The van der Waals surface area contributed by atoms with Crippen LogP contribution in [-0.4, -0.2) is 35.2 Å². The summed E-state index contributed by atoms with van der Waals surface area (Å²) < 4.78 is 3.03. The van der Waals surface area contributed by atoms with Crippen LogP contribution in [0.5, 0.6) is 0 Å². The Labute approximate surface area is 133 Å². The molecule has 4 heteroatoms. The Hall–Kier alpha value is 0.756. The molecule has 1 aromatic heterocycles. The summed E-state index contributed by atoms with van der Waals surface area (Å²) in [6.45, 7) is 19.5. The first-order valence-corrected chi connectivity index (χ1v) is 21.5. The van der Waals surface area contributed by atoms with E-state index in [4.69, 9.17) is 0 Å². The van der Waals surface area contributed by atoms with Gasteiger partial charge in [-0.15, -0.1) is 0 Å². The van der Waals surface area contributed by atoms with Crippen LogP contribution >= 0.6 is 8.19 Å². The predicted molar refractivity (Wildman–Crippen MR) is 102 cm³/mol. The average molecular weight is 418 g/mol. The Kier molecular flexibility index (Phi) is 5.41. The Morgan fingerprint density at radius 2 is 1.40 bits per heavy atom. The average Bonchev–Trinajstić information content (AvgIpc) is 2.40. The van der Waals surface area contributed by atoms with Gasteiger partial charge in [-0.25, -0.2) is 0 Å². The van der Waals surface area contributed by atoms with E-state index >= 15 is 0 Å². The molecule has 0 aliphatic rings. The fourth-order valence-electron chi connectivity index (χ4n) is 4.25. The number of hydrogen-bond acceptors (Lipinski definition) is 1. The van der Waals surface area contributed by atoms with Crippen molar-refractivity contribution < 1.29 is 0 Å². The number of rotatable bonds is 3. The van der Waals surface area contributed by atoms with Gasteiger partial charge in [-0.1, -0.05) is 0 Å². The Morgan fingerprint density at radius 3 is 1.65 bits per heavy atom. The molecule has 0 amide bonds. The van der Waals surface area contributed by atoms with Gasteiger partial charge in [0.2, 0.25) is 0 Å². The number of hydrogen-bond donors (Lipinski definition) is 0. The molecule has 0 aromatic carbocycles. The van der Waals surface area contributed by atoms with Crippen LogP contribution in [0.15, 0.2) is 0 Å². The zero-order valence-electron chi connectivity index (χ0n) is 15.4. The topological polar surface area (TPSA) is 3.24 Å². The van der Waals surface area contributed by atoms with Gasteiger partial charge in [0.25, 0.3) is 0 Å². The van der Waals surface area contributed by atoms with Gasteiger partial charge >= 0.3 is 134 Å². The second-order valence-corrected chi connectivity index (χ2v) is 29.6. The van der Waals surface area contributed by atoms with Gasteiger partial charge in [-0.3, -0.25) is 0 Å². The van der Waals surface area contributed by atoms with Crippen molar-refractivity contribution in [2.45, 2.75) is 75.0 Å². The third-order valence-corrected chi connectivity index (χ3v) is 26.3. The molecule has 0 N–H and O–H groups in total. The third-order valence-electron chi connectivity index (χ3n) is 4.32. The van der Waals surface area contributed by atoms with E-state index in [1.807, 2.05) is 4.92 Å². The van der Waals surface area contributed by atoms with Crippen molar-refractivity contribution in [3.63, 3.8) is 0 Å². The van der Waals surface area contributed by atoms with Gasteiger partial charge in [0.05, 0.1) is 0 Å². The van der Waals surface area contributed by atoms with E-state index in [1.54, 1.807) is 16.4 Å². The van der Waals surface area contributed by atoms with Crippen LogP contribution in [0.4, 0.5) is 0 Å². The van der Waals surface area contributed by atoms with Crippen molar-refractivity contribution >= 4 is 40.0 Å². The summed E-state index contributed by atoms with van der Waals surface area (Å²) in [5, 5.41) is 1.62. The second-order valence-electron chi connectivity index (χ2n) is 8.61. The zero-order chi connectivity index (χ0) is 16.1. The quantitative estimate of drug-likeness (QED) is 0.626. The van der Waals surface area contributed by atoms with Crippen LogP contribution in [0.25, 0.3) is 0 Å². The molecule has 1 atom stereocenters. The minimum atomic E-state index is -2.15. The molecule has 1 nitrogen and oxygen atoms in total. The molecule has 1 rings (SSSR count). The summed E-state index contributed by atoms with van der Waals surface area (Å²) in [4.78, 5) is 9.55.